The Balaban J connectivity index is 0.00000298. The van der Waals surface area contributed by atoms with Crippen molar-refractivity contribution in [1.29, 1.82) is 5.41 Å². The Morgan fingerprint density at radius 1 is 1.17 bits per heavy atom. The first-order valence-corrected chi connectivity index (χ1v) is 12.8. The summed E-state index contributed by atoms with van der Waals surface area (Å²) in [5.74, 6) is -0.994. The van der Waals surface area contributed by atoms with Gasteiger partial charge in [-0.15, -0.1) is 0 Å². The zero-order chi connectivity index (χ0) is 26.4. The van der Waals surface area contributed by atoms with Gasteiger partial charge in [0.05, 0.1) is 0 Å². The summed E-state index contributed by atoms with van der Waals surface area (Å²) in [7, 11) is 1.63. The Hall–Kier alpha value is -2.44. The van der Waals surface area contributed by atoms with Gasteiger partial charge in [0.25, 0.3) is 0 Å². The Labute approximate surface area is 215 Å². The molecule has 2 atom stereocenters. The number of unbranched alkanes of at least 4 members (excludes halogenated alkanes) is 1. The van der Waals surface area contributed by atoms with Crippen molar-refractivity contribution in [2.45, 2.75) is 65.8 Å². The topological polar surface area (TPSA) is 74.2 Å². The molecule has 0 aliphatic rings. The fourth-order valence-corrected chi connectivity index (χ4v) is 4.14. The molecule has 2 aromatic rings. The highest BCUT2D eigenvalue weighted by Crippen LogP contribution is 2.33. The van der Waals surface area contributed by atoms with Gasteiger partial charge in [0.1, 0.15) is 11.4 Å². The number of hydrogen-bond donors (Lipinski definition) is 3. The maximum Gasteiger partial charge on any atom is 0.246 e. The van der Waals surface area contributed by atoms with E-state index in [1.807, 2.05) is 39.8 Å². The zero-order valence-electron chi connectivity index (χ0n) is 21.9. The summed E-state index contributed by atoms with van der Waals surface area (Å²) in [6, 6.07) is 11.4. The molecule has 2 unspecified atom stereocenters. The van der Waals surface area contributed by atoms with Gasteiger partial charge < -0.3 is 20.8 Å². The standard InChI is InChI=1S/C26H35ClFN3O2.C2H6/c1-5-6-8-22(24(29)19-9-12-21(28)13-10-19)26(3,25(32)30-15-7-16-33-4)31-23-14-11-20(27)17-18(23)2;1-2/h9-14,17,22,29,31H,5-8,15-16H2,1-4H3,(H,30,32);1-2H3. The number of hydrogen-bond acceptors (Lipinski definition) is 4. The van der Waals surface area contributed by atoms with Crippen molar-refractivity contribution in [3.05, 3.63) is 64.4 Å². The van der Waals surface area contributed by atoms with E-state index in [1.165, 1.54) is 12.1 Å². The van der Waals surface area contributed by atoms with E-state index in [-0.39, 0.29) is 11.7 Å². The third kappa shape index (κ3) is 8.93. The van der Waals surface area contributed by atoms with Gasteiger partial charge in [-0.1, -0.05) is 57.3 Å². The molecule has 7 heteroatoms. The summed E-state index contributed by atoms with van der Waals surface area (Å²) >= 11 is 6.14. The first-order chi connectivity index (χ1) is 16.7. The quantitative estimate of drug-likeness (QED) is 0.202. The van der Waals surface area contributed by atoms with Gasteiger partial charge in [-0.25, -0.2) is 4.39 Å². The number of methoxy groups -OCH3 is 1. The van der Waals surface area contributed by atoms with Crippen LogP contribution in [0.15, 0.2) is 42.5 Å². The minimum atomic E-state index is -1.12. The number of rotatable bonds is 13. The highest BCUT2D eigenvalue weighted by atomic mass is 35.5. The minimum absolute atomic E-state index is 0.194. The summed E-state index contributed by atoms with van der Waals surface area (Å²) < 4.78 is 18.6. The molecule has 0 fully saturated rings. The highest BCUT2D eigenvalue weighted by Gasteiger charge is 2.43. The lowest BCUT2D eigenvalue weighted by atomic mass is 9.75. The second kappa shape index (κ2) is 15.5. The summed E-state index contributed by atoms with van der Waals surface area (Å²) in [4.78, 5) is 13.6. The van der Waals surface area contributed by atoms with Crippen LogP contribution in [0.4, 0.5) is 10.1 Å². The molecule has 0 aliphatic carbocycles. The lowest BCUT2D eigenvalue weighted by molar-refractivity contribution is -0.126. The molecule has 0 bridgehead atoms. The fourth-order valence-electron chi connectivity index (χ4n) is 3.91. The first kappa shape index (κ1) is 30.6. The second-order valence-electron chi connectivity index (χ2n) is 8.50. The van der Waals surface area contributed by atoms with E-state index in [4.69, 9.17) is 21.7 Å². The minimum Gasteiger partial charge on any atom is -0.385 e. The van der Waals surface area contributed by atoms with Crippen LogP contribution in [-0.4, -0.2) is 37.4 Å². The highest BCUT2D eigenvalue weighted by molar-refractivity contribution is 6.30. The van der Waals surface area contributed by atoms with E-state index in [0.717, 1.165) is 24.1 Å². The van der Waals surface area contributed by atoms with E-state index < -0.39 is 11.5 Å². The largest absolute Gasteiger partial charge is 0.385 e. The van der Waals surface area contributed by atoms with Crippen molar-refractivity contribution in [3.63, 3.8) is 0 Å². The lowest BCUT2D eigenvalue weighted by Crippen LogP contribution is -2.57. The van der Waals surface area contributed by atoms with Gasteiger partial charge in [-0.05, 0) is 68.1 Å². The average molecular weight is 506 g/mol. The normalized spacial score (nSPS) is 13.1. The summed E-state index contributed by atoms with van der Waals surface area (Å²) in [5.41, 5.74) is 1.47. The monoisotopic (exact) mass is 505 g/mol. The molecule has 0 aromatic heterocycles. The molecule has 0 aliphatic heterocycles. The average Bonchev–Trinajstić information content (AvgIpc) is 2.85. The number of halogens is 2. The van der Waals surface area contributed by atoms with Crippen molar-refractivity contribution in [1.82, 2.24) is 5.32 Å². The van der Waals surface area contributed by atoms with Crippen LogP contribution in [0, 0.1) is 24.1 Å². The number of carbonyl (C=O) groups excluding carboxylic acids is 1. The van der Waals surface area contributed by atoms with Crippen LogP contribution in [0.5, 0.6) is 0 Å². The number of aryl methyl sites for hydroxylation is 1. The van der Waals surface area contributed by atoms with Crippen LogP contribution in [0.1, 0.15) is 64.5 Å². The van der Waals surface area contributed by atoms with Gasteiger partial charge in [0.2, 0.25) is 5.91 Å². The molecule has 2 rings (SSSR count). The van der Waals surface area contributed by atoms with Gasteiger partial charge in [-0.3, -0.25) is 4.79 Å². The lowest BCUT2D eigenvalue weighted by Gasteiger charge is -2.39. The number of ether oxygens (including phenoxy) is 1. The van der Waals surface area contributed by atoms with E-state index in [1.54, 1.807) is 25.3 Å². The molecule has 0 saturated heterocycles. The molecule has 0 spiro atoms. The van der Waals surface area contributed by atoms with E-state index in [2.05, 4.69) is 17.6 Å². The molecular formula is C28H41ClFN3O2. The van der Waals surface area contributed by atoms with E-state index >= 15 is 0 Å². The molecule has 5 nitrogen and oxygen atoms in total. The number of carbonyl (C=O) groups is 1. The first-order valence-electron chi connectivity index (χ1n) is 12.4. The third-order valence-corrected chi connectivity index (χ3v) is 6.15. The summed E-state index contributed by atoms with van der Waals surface area (Å²) in [5, 5.41) is 16.1. The van der Waals surface area contributed by atoms with Gasteiger partial charge in [-0.2, -0.15) is 0 Å². The van der Waals surface area contributed by atoms with Crippen LogP contribution >= 0.6 is 11.6 Å². The van der Waals surface area contributed by atoms with Crippen LogP contribution < -0.4 is 10.6 Å². The third-order valence-electron chi connectivity index (χ3n) is 5.91. The molecule has 0 heterocycles. The van der Waals surface area contributed by atoms with Crippen molar-refractivity contribution >= 4 is 28.9 Å². The fraction of sp³-hybridized carbons (Fsp3) is 0.500. The van der Waals surface area contributed by atoms with Crippen molar-refractivity contribution in [3.8, 4) is 0 Å². The van der Waals surface area contributed by atoms with Gasteiger partial charge >= 0.3 is 0 Å². The molecule has 3 N–H and O–H groups in total. The Bertz CT molecular complexity index is 936. The molecular weight excluding hydrogens is 465 g/mol. The Morgan fingerprint density at radius 3 is 2.40 bits per heavy atom. The van der Waals surface area contributed by atoms with E-state index in [9.17, 15) is 9.18 Å². The number of amides is 1. The number of nitrogens with one attached hydrogen (secondary N) is 3. The van der Waals surface area contributed by atoms with Crippen LogP contribution in [0.2, 0.25) is 5.02 Å². The van der Waals surface area contributed by atoms with Crippen LogP contribution in [-0.2, 0) is 9.53 Å². The molecule has 0 saturated carbocycles. The zero-order valence-corrected chi connectivity index (χ0v) is 22.7. The van der Waals surface area contributed by atoms with Crippen LogP contribution in [0.3, 0.4) is 0 Å². The Morgan fingerprint density at radius 2 is 1.83 bits per heavy atom. The van der Waals surface area contributed by atoms with E-state index in [0.29, 0.717) is 42.3 Å². The number of benzene rings is 2. The summed E-state index contributed by atoms with van der Waals surface area (Å²) in [6.07, 6.45) is 3.10. The second-order valence-corrected chi connectivity index (χ2v) is 8.94. The predicted octanol–water partition coefficient (Wildman–Crippen LogP) is 7.01. The van der Waals surface area contributed by atoms with Crippen molar-refractivity contribution < 1.29 is 13.9 Å². The predicted molar refractivity (Wildman–Crippen MR) is 145 cm³/mol. The maximum atomic E-state index is 13.6. The van der Waals surface area contributed by atoms with Gasteiger partial charge in [0.15, 0.2) is 0 Å². The van der Waals surface area contributed by atoms with Gasteiger partial charge in [0, 0.05) is 42.6 Å². The number of anilines is 1. The van der Waals surface area contributed by atoms with Crippen molar-refractivity contribution in [2.75, 3.05) is 25.6 Å². The SMILES string of the molecule is CC.CCCCC(C(=N)c1ccc(F)cc1)C(C)(Nc1ccc(Cl)cc1C)C(=O)NCCCOC. The molecule has 0 radical (unpaired) electrons. The smallest absolute Gasteiger partial charge is 0.246 e. The molecule has 35 heavy (non-hydrogen) atoms. The maximum absolute atomic E-state index is 13.6. The van der Waals surface area contributed by atoms with Crippen molar-refractivity contribution in [2.24, 2.45) is 5.92 Å². The summed E-state index contributed by atoms with van der Waals surface area (Å²) in [6.45, 7) is 10.9. The molecule has 1 amide bonds. The molecule has 2 aromatic carbocycles. The molecule has 194 valence electrons. The Kier molecular flexibility index (Phi) is 13.6. The van der Waals surface area contributed by atoms with Crippen LogP contribution in [0.25, 0.3) is 0 Å².